The molecule has 0 saturated heterocycles. The Kier molecular flexibility index (Phi) is 4.08. The van der Waals surface area contributed by atoms with Gasteiger partial charge in [-0.05, 0) is 30.9 Å². The number of carbonyl (C=O) groups is 2. The second-order valence-electron chi connectivity index (χ2n) is 4.83. The lowest BCUT2D eigenvalue weighted by Gasteiger charge is -2.11. The summed E-state index contributed by atoms with van der Waals surface area (Å²) in [6.07, 6.45) is 4.70. The van der Waals surface area contributed by atoms with Crippen molar-refractivity contribution in [2.45, 2.75) is 38.5 Å². The minimum Gasteiger partial charge on any atom is -0.300 e. The average Bonchev–Trinajstić information content (AvgIpc) is 2.72. The van der Waals surface area contributed by atoms with Crippen molar-refractivity contribution in [3.05, 3.63) is 47.5 Å². The Balaban J connectivity index is 2.15. The summed E-state index contributed by atoms with van der Waals surface area (Å²) >= 11 is 0. The highest BCUT2D eigenvalue weighted by Gasteiger charge is 2.28. The van der Waals surface area contributed by atoms with Gasteiger partial charge in [-0.1, -0.05) is 36.4 Å². The molecule has 0 spiro atoms. The Morgan fingerprint density at radius 3 is 2.72 bits per heavy atom. The third-order valence-corrected chi connectivity index (χ3v) is 3.42. The van der Waals surface area contributed by atoms with E-state index >= 15 is 0 Å². The molecule has 0 aromatic heterocycles. The molecule has 1 unspecified atom stereocenters. The number of rotatable bonds is 4. The highest BCUT2D eigenvalue weighted by molar-refractivity contribution is 5.99. The summed E-state index contributed by atoms with van der Waals surface area (Å²) in [5.41, 5.74) is 2.11. The van der Waals surface area contributed by atoms with Crippen LogP contribution in [-0.2, 0) is 9.59 Å². The molecule has 1 aliphatic rings. The first-order valence-corrected chi connectivity index (χ1v) is 6.46. The molecule has 1 aliphatic carbocycles. The van der Waals surface area contributed by atoms with Crippen LogP contribution in [0.15, 0.2) is 42.0 Å². The minimum atomic E-state index is 0.175. The highest BCUT2D eigenvalue weighted by atomic mass is 16.1. The Morgan fingerprint density at radius 2 is 2.06 bits per heavy atom. The zero-order valence-corrected chi connectivity index (χ0v) is 10.7. The molecule has 0 bridgehead atoms. The van der Waals surface area contributed by atoms with E-state index in [1.165, 1.54) is 5.56 Å². The van der Waals surface area contributed by atoms with Gasteiger partial charge in [0.25, 0.3) is 0 Å². The second kappa shape index (κ2) is 5.76. The van der Waals surface area contributed by atoms with Gasteiger partial charge in [0.1, 0.15) is 5.78 Å². The number of Topliss-reactive ketones (excluding diaryl/α,β-unsaturated/α-hetero) is 2. The highest BCUT2D eigenvalue weighted by Crippen LogP contribution is 2.37. The number of ketones is 2. The zero-order valence-electron chi connectivity index (χ0n) is 10.7. The second-order valence-corrected chi connectivity index (χ2v) is 4.83. The van der Waals surface area contributed by atoms with Crippen LogP contribution in [0.2, 0.25) is 0 Å². The molecule has 2 nitrogen and oxygen atoms in total. The number of allylic oxidation sites excluding steroid dienone is 2. The van der Waals surface area contributed by atoms with Crippen LogP contribution in [0.25, 0.3) is 0 Å². The van der Waals surface area contributed by atoms with Gasteiger partial charge in [0, 0.05) is 18.8 Å². The third-order valence-electron chi connectivity index (χ3n) is 3.42. The average molecular weight is 242 g/mol. The molecule has 2 heteroatoms. The number of benzene rings is 1. The first kappa shape index (κ1) is 12.7. The topological polar surface area (TPSA) is 34.1 Å². The van der Waals surface area contributed by atoms with Crippen LogP contribution in [0.3, 0.4) is 0 Å². The van der Waals surface area contributed by atoms with Crippen molar-refractivity contribution in [3.63, 3.8) is 0 Å². The molecular formula is C16H18O2. The molecule has 1 aromatic carbocycles. The summed E-state index contributed by atoms with van der Waals surface area (Å²) in [5, 5.41) is 0. The van der Waals surface area contributed by atoms with Crippen molar-refractivity contribution in [2.24, 2.45) is 0 Å². The molecule has 94 valence electrons. The van der Waals surface area contributed by atoms with Gasteiger partial charge in [-0.3, -0.25) is 4.79 Å². The number of hydrogen-bond acceptors (Lipinski definition) is 2. The van der Waals surface area contributed by atoms with Crippen LogP contribution in [-0.4, -0.2) is 11.6 Å². The van der Waals surface area contributed by atoms with Crippen LogP contribution in [0.4, 0.5) is 0 Å². The fourth-order valence-corrected chi connectivity index (χ4v) is 2.49. The molecule has 0 amide bonds. The number of carbonyl (C=O) groups excluding carboxylic acids is 2. The van der Waals surface area contributed by atoms with E-state index in [1.807, 2.05) is 24.3 Å². The Hall–Kier alpha value is -1.70. The molecular weight excluding hydrogens is 224 g/mol. The SMILES string of the molecule is CC(=O)CC/C=C1\C(=O)CCC1c1ccccc1. The zero-order chi connectivity index (χ0) is 13.0. The maximum absolute atomic E-state index is 11.9. The molecule has 1 saturated carbocycles. The molecule has 0 aliphatic heterocycles. The minimum absolute atomic E-state index is 0.175. The molecule has 1 aromatic rings. The van der Waals surface area contributed by atoms with Crippen molar-refractivity contribution >= 4 is 11.6 Å². The van der Waals surface area contributed by atoms with Crippen molar-refractivity contribution in [2.75, 3.05) is 0 Å². The van der Waals surface area contributed by atoms with Gasteiger partial charge in [-0.25, -0.2) is 0 Å². The summed E-state index contributed by atoms with van der Waals surface area (Å²) in [5.74, 6) is 0.645. The first-order chi connectivity index (χ1) is 8.68. The van der Waals surface area contributed by atoms with Crippen LogP contribution >= 0.6 is 0 Å². The first-order valence-electron chi connectivity index (χ1n) is 6.46. The summed E-state index contributed by atoms with van der Waals surface area (Å²) < 4.78 is 0. The van der Waals surface area contributed by atoms with Crippen LogP contribution in [0.5, 0.6) is 0 Å². The van der Waals surface area contributed by atoms with E-state index in [2.05, 4.69) is 12.1 Å². The molecule has 1 fully saturated rings. The third kappa shape index (κ3) is 2.95. The standard InChI is InChI=1S/C16H18O2/c1-12(17)6-5-9-15-14(10-11-16(15)18)13-7-3-2-4-8-13/h2-4,7-9,14H,5-6,10-11H2,1H3/b15-9-. The van der Waals surface area contributed by atoms with Crippen molar-refractivity contribution in [3.8, 4) is 0 Å². The van der Waals surface area contributed by atoms with E-state index in [0.717, 1.165) is 12.0 Å². The smallest absolute Gasteiger partial charge is 0.159 e. The van der Waals surface area contributed by atoms with Gasteiger partial charge < -0.3 is 4.79 Å². The van der Waals surface area contributed by atoms with Crippen LogP contribution in [0.1, 0.15) is 44.1 Å². The maximum Gasteiger partial charge on any atom is 0.159 e. The van der Waals surface area contributed by atoms with Crippen LogP contribution in [0, 0.1) is 0 Å². The van der Waals surface area contributed by atoms with Gasteiger partial charge in [-0.15, -0.1) is 0 Å². The lowest BCUT2D eigenvalue weighted by molar-refractivity contribution is -0.117. The van der Waals surface area contributed by atoms with Gasteiger partial charge in [0.05, 0.1) is 0 Å². The fraction of sp³-hybridized carbons (Fsp3) is 0.375. The van der Waals surface area contributed by atoms with E-state index in [9.17, 15) is 9.59 Å². The van der Waals surface area contributed by atoms with Crippen molar-refractivity contribution < 1.29 is 9.59 Å². The van der Waals surface area contributed by atoms with Gasteiger partial charge >= 0.3 is 0 Å². The van der Waals surface area contributed by atoms with Crippen molar-refractivity contribution in [1.82, 2.24) is 0 Å². The van der Waals surface area contributed by atoms with Crippen LogP contribution < -0.4 is 0 Å². The molecule has 0 heterocycles. The summed E-state index contributed by atoms with van der Waals surface area (Å²) in [6.45, 7) is 1.59. The van der Waals surface area contributed by atoms with Gasteiger partial charge in [0.2, 0.25) is 0 Å². The maximum atomic E-state index is 11.9. The summed E-state index contributed by atoms with van der Waals surface area (Å²) in [4.78, 5) is 22.8. The Labute approximate surface area is 108 Å². The van der Waals surface area contributed by atoms with Gasteiger partial charge in [0.15, 0.2) is 5.78 Å². The van der Waals surface area contributed by atoms with E-state index in [4.69, 9.17) is 0 Å². The predicted molar refractivity (Wildman–Crippen MR) is 71.4 cm³/mol. The van der Waals surface area contributed by atoms with E-state index in [0.29, 0.717) is 19.3 Å². The largest absolute Gasteiger partial charge is 0.300 e. The molecule has 0 N–H and O–H groups in total. The van der Waals surface area contributed by atoms with E-state index in [1.54, 1.807) is 6.92 Å². The normalized spacial score (nSPS) is 21.5. The van der Waals surface area contributed by atoms with Crippen molar-refractivity contribution in [1.29, 1.82) is 0 Å². The Morgan fingerprint density at radius 1 is 1.33 bits per heavy atom. The monoisotopic (exact) mass is 242 g/mol. The Bertz CT molecular complexity index is 471. The van der Waals surface area contributed by atoms with E-state index < -0.39 is 0 Å². The quantitative estimate of drug-likeness (QED) is 0.758. The number of hydrogen-bond donors (Lipinski definition) is 0. The predicted octanol–water partition coefficient (Wildman–Crippen LogP) is 3.43. The van der Waals surface area contributed by atoms with Gasteiger partial charge in [-0.2, -0.15) is 0 Å². The molecule has 1 atom stereocenters. The lowest BCUT2D eigenvalue weighted by Crippen LogP contribution is -2.01. The molecule has 2 rings (SSSR count). The summed E-state index contributed by atoms with van der Waals surface area (Å²) in [6, 6.07) is 10.1. The molecule has 0 radical (unpaired) electrons. The summed E-state index contributed by atoms with van der Waals surface area (Å²) in [7, 11) is 0. The molecule has 18 heavy (non-hydrogen) atoms. The fourth-order valence-electron chi connectivity index (χ4n) is 2.49. The lowest BCUT2D eigenvalue weighted by atomic mass is 9.92. The van der Waals surface area contributed by atoms with E-state index in [-0.39, 0.29) is 17.5 Å².